The van der Waals surface area contributed by atoms with E-state index in [4.69, 9.17) is 0 Å². The number of carbonyl (C=O) groups is 1. The Balaban J connectivity index is 2.04. The summed E-state index contributed by atoms with van der Waals surface area (Å²) >= 11 is 0. The largest absolute Gasteiger partial charge is 0.493 e. The molecule has 0 atom stereocenters. The number of halogens is 1. The molecule has 110 valence electrons. The minimum Gasteiger partial charge on any atom is -0.493 e. The smallest absolute Gasteiger partial charge is 0.274 e. The molecule has 0 spiro atoms. The van der Waals surface area contributed by atoms with Crippen molar-refractivity contribution in [1.82, 2.24) is 9.38 Å². The molecule has 0 fully saturated rings. The molecule has 0 aliphatic carbocycles. The first-order valence-electron chi connectivity index (χ1n) is 6.33. The predicted molar refractivity (Wildman–Crippen MR) is 77.5 cm³/mol. The number of rotatable bonds is 2. The van der Waals surface area contributed by atoms with Crippen molar-refractivity contribution in [3.63, 3.8) is 0 Å². The molecule has 0 saturated heterocycles. The van der Waals surface area contributed by atoms with Gasteiger partial charge in [0.05, 0.1) is 0 Å². The molecule has 22 heavy (non-hydrogen) atoms. The number of amides is 1. The maximum atomic E-state index is 12.8. The standard InChI is InChI=1S/C15H10FN3O3/c16-9-4-6-10(7-5-9)17-13(20)12-14(21)18-11-3-1-2-8-19(11)15(12)22/h1-8,21H,(H,17,20). The molecule has 1 aromatic carbocycles. The first-order valence-corrected chi connectivity index (χ1v) is 6.33. The Morgan fingerprint density at radius 1 is 1.18 bits per heavy atom. The third-order valence-corrected chi connectivity index (χ3v) is 3.04. The minimum atomic E-state index is -0.820. The Kier molecular flexibility index (Phi) is 3.30. The molecular weight excluding hydrogens is 289 g/mol. The van der Waals surface area contributed by atoms with Gasteiger partial charge >= 0.3 is 0 Å². The molecule has 0 saturated carbocycles. The van der Waals surface area contributed by atoms with E-state index in [1.807, 2.05) is 0 Å². The number of fused-ring (bicyclic) bond motifs is 1. The summed E-state index contributed by atoms with van der Waals surface area (Å²) in [5.41, 5.74) is -0.651. The van der Waals surface area contributed by atoms with Gasteiger partial charge in [-0.1, -0.05) is 6.07 Å². The lowest BCUT2D eigenvalue weighted by atomic mass is 10.2. The predicted octanol–water partition coefficient (Wildman–Crippen LogP) is 1.79. The molecule has 6 nitrogen and oxygen atoms in total. The van der Waals surface area contributed by atoms with Gasteiger partial charge in [0.15, 0.2) is 5.56 Å². The number of carbonyl (C=O) groups excluding carboxylic acids is 1. The van der Waals surface area contributed by atoms with E-state index in [1.54, 1.807) is 12.1 Å². The number of nitrogens with one attached hydrogen (secondary N) is 1. The zero-order chi connectivity index (χ0) is 15.7. The molecule has 2 N–H and O–H groups in total. The summed E-state index contributed by atoms with van der Waals surface area (Å²) in [6, 6.07) is 9.81. The summed E-state index contributed by atoms with van der Waals surface area (Å²) in [6.07, 6.45) is 1.44. The lowest BCUT2D eigenvalue weighted by molar-refractivity contribution is 0.102. The van der Waals surface area contributed by atoms with Crippen LogP contribution in [0.4, 0.5) is 10.1 Å². The highest BCUT2D eigenvalue weighted by Gasteiger charge is 2.19. The summed E-state index contributed by atoms with van der Waals surface area (Å²) < 4.78 is 14.0. The average molecular weight is 299 g/mol. The maximum absolute atomic E-state index is 12.8. The van der Waals surface area contributed by atoms with Gasteiger partial charge in [0.2, 0.25) is 5.88 Å². The van der Waals surface area contributed by atoms with Gasteiger partial charge in [0.1, 0.15) is 11.5 Å². The van der Waals surface area contributed by atoms with E-state index in [0.717, 1.165) is 4.40 Å². The Bertz CT molecular complexity index is 919. The number of hydrogen-bond acceptors (Lipinski definition) is 4. The van der Waals surface area contributed by atoms with Crippen molar-refractivity contribution >= 4 is 17.2 Å². The number of anilines is 1. The molecule has 0 bridgehead atoms. The van der Waals surface area contributed by atoms with E-state index in [1.165, 1.54) is 36.5 Å². The van der Waals surface area contributed by atoms with Gasteiger partial charge in [-0.05, 0) is 36.4 Å². The van der Waals surface area contributed by atoms with E-state index >= 15 is 0 Å². The van der Waals surface area contributed by atoms with E-state index in [-0.39, 0.29) is 5.65 Å². The van der Waals surface area contributed by atoms with Gasteiger partial charge < -0.3 is 10.4 Å². The molecule has 3 rings (SSSR count). The zero-order valence-corrected chi connectivity index (χ0v) is 11.2. The molecule has 2 heterocycles. The van der Waals surface area contributed by atoms with Crippen LogP contribution in [0.25, 0.3) is 5.65 Å². The van der Waals surface area contributed by atoms with E-state index < -0.39 is 28.7 Å². The number of aromatic nitrogens is 2. The first-order chi connectivity index (χ1) is 10.6. The Hall–Kier alpha value is -3.22. The normalized spacial score (nSPS) is 10.6. The van der Waals surface area contributed by atoms with Gasteiger partial charge in [-0.15, -0.1) is 0 Å². The summed E-state index contributed by atoms with van der Waals surface area (Å²) in [5.74, 6) is -1.93. The lowest BCUT2D eigenvalue weighted by Gasteiger charge is -2.07. The van der Waals surface area contributed by atoms with E-state index in [0.29, 0.717) is 5.69 Å². The molecule has 0 radical (unpaired) electrons. The lowest BCUT2D eigenvalue weighted by Crippen LogP contribution is -2.27. The SMILES string of the molecule is O=C(Nc1ccc(F)cc1)c1c(O)nc2ccccn2c1=O. The molecule has 0 unspecified atom stereocenters. The number of nitrogens with zero attached hydrogens (tertiary/aromatic N) is 2. The summed E-state index contributed by atoms with van der Waals surface area (Å²) in [7, 11) is 0. The highest BCUT2D eigenvalue weighted by atomic mass is 19.1. The molecule has 0 aliphatic rings. The molecule has 3 aromatic rings. The van der Waals surface area contributed by atoms with E-state index in [2.05, 4.69) is 10.3 Å². The molecule has 7 heteroatoms. The van der Waals surface area contributed by atoms with Crippen molar-refractivity contribution in [2.45, 2.75) is 0 Å². The van der Waals surface area contributed by atoms with Crippen molar-refractivity contribution < 1.29 is 14.3 Å². The third-order valence-electron chi connectivity index (χ3n) is 3.04. The van der Waals surface area contributed by atoms with Crippen LogP contribution in [-0.2, 0) is 0 Å². The highest BCUT2D eigenvalue weighted by Crippen LogP contribution is 2.14. The monoisotopic (exact) mass is 299 g/mol. The van der Waals surface area contributed by atoms with Gasteiger partial charge in [-0.3, -0.25) is 14.0 Å². The van der Waals surface area contributed by atoms with Crippen LogP contribution in [0.2, 0.25) is 0 Å². The Labute approximate surface area is 123 Å². The van der Waals surface area contributed by atoms with Gasteiger partial charge in [-0.25, -0.2) is 4.39 Å². The third kappa shape index (κ3) is 2.39. The average Bonchev–Trinajstić information content (AvgIpc) is 2.49. The van der Waals surface area contributed by atoms with Crippen LogP contribution in [0.3, 0.4) is 0 Å². The number of benzene rings is 1. The van der Waals surface area contributed by atoms with Crippen molar-refractivity contribution in [3.8, 4) is 5.88 Å². The topological polar surface area (TPSA) is 83.7 Å². The van der Waals surface area contributed by atoms with Crippen LogP contribution in [0.5, 0.6) is 5.88 Å². The van der Waals surface area contributed by atoms with Crippen LogP contribution in [0.15, 0.2) is 53.5 Å². The molecule has 0 aliphatic heterocycles. The number of pyridine rings is 1. The summed E-state index contributed by atoms with van der Waals surface area (Å²) in [5, 5.41) is 12.2. The van der Waals surface area contributed by atoms with Gasteiger partial charge in [0.25, 0.3) is 11.5 Å². The summed E-state index contributed by atoms with van der Waals surface area (Å²) in [6.45, 7) is 0. The molecule has 1 amide bonds. The fourth-order valence-corrected chi connectivity index (χ4v) is 2.00. The second-order valence-electron chi connectivity index (χ2n) is 4.51. The van der Waals surface area contributed by atoms with Gasteiger partial charge in [0, 0.05) is 11.9 Å². The number of hydrogen-bond donors (Lipinski definition) is 2. The van der Waals surface area contributed by atoms with Crippen molar-refractivity contribution in [3.05, 3.63) is 70.4 Å². The maximum Gasteiger partial charge on any atom is 0.274 e. The van der Waals surface area contributed by atoms with Crippen LogP contribution in [0, 0.1) is 5.82 Å². The number of aromatic hydroxyl groups is 1. The van der Waals surface area contributed by atoms with Crippen LogP contribution < -0.4 is 10.9 Å². The van der Waals surface area contributed by atoms with Crippen molar-refractivity contribution in [2.75, 3.05) is 5.32 Å². The quantitative estimate of drug-likeness (QED) is 0.755. The Morgan fingerprint density at radius 3 is 2.64 bits per heavy atom. The van der Waals surface area contributed by atoms with E-state index in [9.17, 15) is 19.1 Å². The van der Waals surface area contributed by atoms with Crippen LogP contribution >= 0.6 is 0 Å². The van der Waals surface area contributed by atoms with Crippen LogP contribution in [-0.4, -0.2) is 20.4 Å². The van der Waals surface area contributed by atoms with Crippen molar-refractivity contribution in [1.29, 1.82) is 0 Å². The second-order valence-corrected chi connectivity index (χ2v) is 4.51. The molecular formula is C15H10FN3O3. The van der Waals surface area contributed by atoms with Crippen molar-refractivity contribution in [2.24, 2.45) is 0 Å². The fraction of sp³-hybridized carbons (Fsp3) is 0. The highest BCUT2D eigenvalue weighted by molar-refractivity contribution is 6.05. The van der Waals surface area contributed by atoms with Gasteiger partial charge in [-0.2, -0.15) is 4.98 Å². The Morgan fingerprint density at radius 2 is 1.91 bits per heavy atom. The second kappa shape index (κ2) is 5.28. The fourth-order valence-electron chi connectivity index (χ4n) is 2.00. The zero-order valence-electron chi connectivity index (χ0n) is 11.2. The molecule has 2 aromatic heterocycles. The minimum absolute atomic E-state index is 0.225. The first kappa shape index (κ1) is 13.7. The summed E-state index contributed by atoms with van der Waals surface area (Å²) in [4.78, 5) is 28.3. The van der Waals surface area contributed by atoms with Crippen LogP contribution in [0.1, 0.15) is 10.4 Å².